The summed E-state index contributed by atoms with van der Waals surface area (Å²) >= 11 is 4.84. The summed E-state index contributed by atoms with van der Waals surface area (Å²) in [6.45, 7) is 3.90. The van der Waals surface area contributed by atoms with Gasteiger partial charge in [-0.05, 0) is 32.0 Å². The van der Waals surface area contributed by atoms with Gasteiger partial charge in [-0.2, -0.15) is 0 Å². The smallest absolute Gasteiger partial charge is 0.337 e. The van der Waals surface area contributed by atoms with Crippen molar-refractivity contribution >= 4 is 38.9 Å². The number of nitrogens with one attached hydrogen (secondary N) is 1. The molecule has 100 valence electrons. The fourth-order valence-electron chi connectivity index (χ4n) is 1.69. The molecule has 1 aromatic heterocycles. The number of rotatable bonds is 4. The molecule has 0 bridgehead atoms. The van der Waals surface area contributed by atoms with Crippen LogP contribution < -0.4 is 5.32 Å². The number of aromatic carboxylic acids is 1. The Labute approximate surface area is 123 Å². The number of nitrogens with zero attached hydrogens (tertiary/aromatic N) is 1. The zero-order chi connectivity index (χ0) is 14.0. The molecule has 0 aliphatic carbocycles. The van der Waals surface area contributed by atoms with Crippen LogP contribution >= 0.6 is 27.3 Å². The van der Waals surface area contributed by atoms with Crippen molar-refractivity contribution in [3.8, 4) is 0 Å². The number of carboxylic acid groups (broad SMARTS) is 1. The molecule has 0 radical (unpaired) electrons. The summed E-state index contributed by atoms with van der Waals surface area (Å²) in [6.07, 6.45) is 0. The van der Waals surface area contributed by atoms with Crippen LogP contribution in [0.5, 0.6) is 0 Å². The average molecular weight is 341 g/mol. The summed E-state index contributed by atoms with van der Waals surface area (Å²) in [5, 5.41) is 15.3. The van der Waals surface area contributed by atoms with Crippen LogP contribution in [0.1, 0.15) is 34.0 Å². The fourth-order valence-corrected chi connectivity index (χ4v) is 2.85. The molecule has 0 spiro atoms. The predicted octanol–water partition coefficient (Wildman–Crippen LogP) is 4.09. The van der Waals surface area contributed by atoms with E-state index in [1.165, 1.54) is 0 Å². The van der Waals surface area contributed by atoms with E-state index in [1.54, 1.807) is 23.5 Å². The minimum absolute atomic E-state index is 0.0297. The van der Waals surface area contributed by atoms with E-state index in [-0.39, 0.29) is 11.6 Å². The van der Waals surface area contributed by atoms with Crippen LogP contribution in [0.3, 0.4) is 0 Å². The van der Waals surface area contributed by atoms with Crippen LogP contribution in [0.25, 0.3) is 0 Å². The second-order valence-electron chi connectivity index (χ2n) is 4.19. The van der Waals surface area contributed by atoms with E-state index in [0.717, 1.165) is 15.2 Å². The fraction of sp³-hybridized carbons (Fsp3) is 0.231. The van der Waals surface area contributed by atoms with E-state index in [1.807, 2.05) is 25.3 Å². The summed E-state index contributed by atoms with van der Waals surface area (Å²) in [7, 11) is 0. The second-order valence-corrected chi connectivity index (χ2v) is 5.99. The van der Waals surface area contributed by atoms with Gasteiger partial charge in [0, 0.05) is 21.2 Å². The Bertz CT molecular complexity index is 612. The summed E-state index contributed by atoms with van der Waals surface area (Å²) in [4.78, 5) is 15.6. The highest BCUT2D eigenvalue weighted by Crippen LogP contribution is 2.26. The van der Waals surface area contributed by atoms with E-state index in [9.17, 15) is 9.90 Å². The Morgan fingerprint density at radius 3 is 2.84 bits per heavy atom. The molecule has 1 aromatic carbocycles. The molecule has 0 amide bonds. The number of halogens is 1. The molecule has 0 saturated carbocycles. The first-order chi connectivity index (χ1) is 8.97. The molecule has 2 N–H and O–H groups in total. The lowest BCUT2D eigenvalue weighted by Gasteiger charge is -2.15. The molecule has 0 fully saturated rings. The molecule has 2 rings (SSSR count). The minimum Gasteiger partial charge on any atom is -0.478 e. The van der Waals surface area contributed by atoms with Crippen molar-refractivity contribution in [1.82, 2.24) is 4.98 Å². The third-order valence-corrected chi connectivity index (χ3v) is 4.23. The van der Waals surface area contributed by atoms with Gasteiger partial charge in [-0.3, -0.25) is 0 Å². The number of carboxylic acids is 1. The molecule has 6 heteroatoms. The normalized spacial score (nSPS) is 12.2. The van der Waals surface area contributed by atoms with Crippen LogP contribution in [-0.4, -0.2) is 16.1 Å². The lowest BCUT2D eigenvalue weighted by Crippen LogP contribution is -2.10. The van der Waals surface area contributed by atoms with Gasteiger partial charge >= 0.3 is 5.97 Å². The first kappa shape index (κ1) is 14.0. The number of anilines is 1. The molecule has 0 aliphatic heterocycles. The van der Waals surface area contributed by atoms with Gasteiger partial charge in [0.05, 0.1) is 11.6 Å². The van der Waals surface area contributed by atoms with Gasteiger partial charge in [-0.25, -0.2) is 9.78 Å². The quantitative estimate of drug-likeness (QED) is 0.879. The van der Waals surface area contributed by atoms with Gasteiger partial charge in [-0.1, -0.05) is 15.9 Å². The molecule has 19 heavy (non-hydrogen) atoms. The highest BCUT2D eigenvalue weighted by molar-refractivity contribution is 9.10. The first-order valence-corrected chi connectivity index (χ1v) is 7.36. The Morgan fingerprint density at radius 1 is 1.53 bits per heavy atom. The third-order valence-electron chi connectivity index (χ3n) is 2.59. The number of carbonyl (C=O) groups is 1. The molecule has 2 aromatic rings. The zero-order valence-electron chi connectivity index (χ0n) is 10.5. The van der Waals surface area contributed by atoms with Gasteiger partial charge in [-0.15, -0.1) is 11.3 Å². The Hall–Kier alpha value is -1.40. The van der Waals surface area contributed by atoms with Gasteiger partial charge < -0.3 is 10.4 Å². The van der Waals surface area contributed by atoms with Gasteiger partial charge in [0.1, 0.15) is 5.01 Å². The van der Waals surface area contributed by atoms with Crippen molar-refractivity contribution in [3.05, 3.63) is 44.3 Å². The largest absolute Gasteiger partial charge is 0.478 e. The molecule has 4 nitrogen and oxygen atoms in total. The van der Waals surface area contributed by atoms with Crippen molar-refractivity contribution in [1.29, 1.82) is 0 Å². The predicted molar refractivity (Wildman–Crippen MR) is 80.0 cm³/mol. The number of thiazole rings is 1. The SMILES string of the molecule is Cc1csc(C(C)Nc2ccc(Br)cc2C(=O)O)n1. The van der Waals surface area contributed by atoms with Crippen molar-refractivity contribution < 1.29 is 9.90 Å². The molecular formula is C13H13BrN2O2S. The third kappa shape index (κ3) is 3.33. The van der Waals surface area contributed by atoms with Crippen LogP contribution in [0.2, 0.25) is 0 Å². The Kier molecular flexibility index (Phi) is 4.21. The maximum absolute atomic E-state index is 11.2. The highest BCUT2D eigenvalue weighted by atomic mass is 79.9. The first-order valence-electron chi connectivity index (χ1n) is 5.69. The van der Waals surface area contributed by atoms with Crippen molar-refractivity contribution in [2.24, 2.45) is 0 Å². The van der Waals surface area contributed by atoms with Crippen molar-refractivity contribution in [3.63, 3.8) is 0 Å². The van der Waals surface area contributed by atoms with E-state index in [4.69, 9.17) is 0 Å². The molecule has 0 saturated heterocycles. The number of aryl methyl sites for hydroxylation is 1. The Balaban J connectivity index is 2.26. The van der Waals surface area contributed by atoms with E-state index >= 15 is 0 Å². The maximum Gasteiger partial charge on any atom is 0.337 e. The number of benzene rings is 1. The molecule has 0 aliphatic rings. The topological polar surface area (TPSA) is 62.2 Å². The Morgan fingerprint density at radius 2 is 2.26 bits per heavy atom. The molecule has 1 unspecified atom stereocenters. The van der Waals surface area contributed by atoms with Crippen molar-refractivity contribution in [2.75, 3.05) is 5.32 Å². The van der Waals surface area contributed by atoms with Crippen LogP contribution in [0.4, 0.5) is 5.69 Å². The summed E-state index contributed by atoms with van der Waals surface area (Å²) in [5.74, 6) is -0.952. The number of hydrogen-bond acceptors (Lipinski definition) is 4. The standard InChI is InChI=1S/C13H13BrN2O2S/c1-7-6-19-12(15-7)8(2)16-11-4-3-9(14)5-10(11)13(17)18/h3-6,8,16H,1-2H3,(H,17,18). The lowest BCUT2D eigenvalue weighted by molar-refractivity contribution is 0.0698. The molecular weight excluding hydrogens is 328 g/mol. The molecule has 1 atom stereocenters. The summed E-state index contributed by atoms with van der Waals surface area (Å²) < 4.78 is 0.744. The number of hydrogen-bond donors (Lipinski definition) is 2. The maximum atomic E-state index is 11.2. The van der Waals surface area contributed by atoms with Crippen molar-refractivity contribution in [2.45, 2.75) is 19.9 Å². The monoisotopic (exact) mass is 340 g/mol. The summed E-state index contributed by atoms with van der Waals surface area (Å²) in [5.41, 5.74) is 1.81. The van der Waals surface area contributed by atoms with Crippen LogP contribution in [0.15, 0.2) is 28.1 Å². The zero-order valence-corrected chi connectivity index (χ0v) is 12.9. The highest BCUT2D eigenvalue weighted by Gasteiger charge is 2.15. The lowest BCUT2D eigenvalue weighted by atomic mass is 10.1. The van der Waals surface area contributed by atoms with E-state index < -0.39 is 5.97 Å². The second kappa shape index (κ2) is 5.71. The van der Waals surface area contributed by atoms with Crippen LogP contribution in [-0.2, 0) is 0 Å². The van der Waals surface area contributed by atoms with Gasteiger partial charge in [0.15, 0.2) is 0 Å². The van der Waals surface area contributed by atoms with E-state index in [0.29, 0.717) is 5.69 Å². The average Bonchev–Trinajstić information content (AvgIpc) is 2.78. The number of aromatic nitrogens is 1. The van der Waals surface area contributed by atoms with Gasteiger partial charge in [0.2, 0.25) is 0 Å². The summed E-state index contributed by atoms with van der Waals surface area (Å²) in [6, 6.07) is 5.13. The molecule has 1 heterocycles. The minimum atomic E-state index is -0.952. The van der Waals surface area contributed by atoms with Crippen LogP contribution in [0, 0.1) is 6.92 Å². The van der Waals surface area contributed by atoms with Gasteiger partial charge in [0.25, 0.3) is 0 Å². The van der Waals surface area contributed by atoms with E-state index in [2.05, 4.69) is 26.2 Å².